The standard InChI is InChI=1S/C21H20N6O/c1-26-10-15(13-3-2-7-24-20(13)26)18-14(9-22)19(23)25-17-6-8-27(11-16(17)18)21(28)12-4-5-12/h2-3,7,10,12H,4-6,8,11H2,1H3,(H2,23,25). The van der Waals surface area contributed by atoms with E-state index in [2.05, 4.69) is 16.0 Å². The molecule has 1 amide bonds. The van der Waals surface area contributed by atoms with Crippen LogP contribution in [0, 0.1) is 17.2 Å². The van der Waals surface area contributed by atoms with Crippen molar-refractivity contribution in [3.8, 4) is 17.2 Å². The van der Waals surface area contributed by atoms with Gasteiger partial charge in [0.1, 0.15) is 23.1 Å². The maximum absolute atomic E-state index is 12.7. The van der Waals surface area contributed by atoms with Crippen LogP contribution in [0.3, 0.4) is 0 Å². The minimum Gasteiger partial charge on any atom is -0.383 e. The van der Waals surface area contributed by atoms with Crippen LogP contribution in [-0.4, -0.2) is 31.9 Å². The van der Waals surface area contributed by atoms with Gasteiger partial charge in [0, 0.05) is 66.9 Å². The minimum absolute atomic E-state index is 0.170. The van der Waals surface area contributed by atoms with E-state index in [0.717, 1.165) is 46.3 Å². The zero-order valence-electron chi connectivity index (χ0n) is 15.6. The van der Waals surface area contributed by atoms with Crippen LogP contribution in [0.4, 0.5) is 5.82 Å². The first-order valence-electron chi connectivity index (χ1n) is 9.49. The molecule has 1 fully saturated rings. The number of hydrogen-bond acceptors (Lipinski definition) is 5. The second-order valence-corrected chi connectivity index (χ2v) is 7.60. The Bertz CT molecular complexity index is 1170. The number of carbonyl (C=O) groups is 1. The Kier molecular flexibility index (Phi) is 3.63. The lowest BCUT2D eigenvalue weighted by Gasteiger charge is -2.30. The van der Waals surface area contributed by atoms with Gasteiger partial charge in [0.25, 0.3) is 0 Å². The summed E-state index contributed by atoms with van der Waals surface area (Å²) in [7, 11) is 1.94. The topological polar surface area (TPSA) is 101 Å². The molecule has 0 saturated heterocycles. The third-order valence-corrected chi connectivity index (χ3v) is 5.73. The molecule has 2 aliphatic rings. The summed E-state index contributed by atoms with van der Waals surface area (Å²) >= 11 is 0. The number of hydrogen-bond donors (Lipinski definition) is 1. The number of nitrogens with two attached hydrogens (primary N) is 1. The third kappa shape index (κ3) is 2.45. The molecule has 1 saturated carbocycles. The van der Waals surface area contributed by atoms with E-state index in [1.807, 2.05) is 34.8 Å². The molecule has 2 N–H and O–H groups in total. The lowest BCUT2D eigenvalue weighted by atomic mass is 9.91. The Morgan fingerprint density at radius 1 is 1.39 bits per heavy atom. The molecule has 0 radical (unpaired) electrons. The highest BCUT2D eigenvalue weighted by Crippen LogP contribution is 2.40. The highest BCUT2D eigenvalue weighted by atomic mass is 16.2. The number of nitrogens with zero attached hydrogens (tertiary/aromatic N) is 5. The smallest absolute Gasteiger partial charge is 0.225 e. The molecule has 7 heteroatoms. The second kappa shape index (κ2) is 6.06. The van der Waals surface area contributed by atoms with Crippen molar-refractivity contribution in [2.45, 2.75) is 25.8 Å². The average molecular weight is 372 g/mol. The van der Waals surface area contributed by atoms with E-state index in [1.54, 1.807) is 6.20 Å². The van der Waals surface area contributed by atoms with Gasteiger partial charge in [-0.05, 0) is 25.0 Å². The van der Waals surface area contributed by atoms with Crippen LogP contribution in [-0.2, 0) is 24.8 Å². The van der Waals surface area contributed by atoms with Crippen LogP contribution < -0.4 is 5.73 Å². The molecular weight excluding hydrogens is 352 g/mol. The lowest BCUT2D eigenvalue weighted by molar-refractivity contribution is -0.133. The Balaban J connectivity index is 1.74. The van der Waals surface area contributed by atoms with Gasteiger partial charge in [-0.15, -0.1) is 0 Å². The number of nitrogen functional groups attached to an aromatic ring is 1. The SMILES string of the molecule is Cn1cc(-c2c(C#N)c(N)nc3c2CN(C(=O)C2CC2)CC3)c2cccnc21. The van der Waals surface area contributed by atoms with Crippen molar-refractivity contribution < 1.29 is 4.79 Å². The fourth-order valence-corrected chi connectivity index (χ4v) is 4.18. The van der Waals surface area contributed by atoms with Gasteiger partial charge in [-0.25, -0.2) is 9.97 Å². The van der Waals surface area contributed by atoms with Gasteiger partial charge in [0.05, 0.1) is 5.69 Å². The van der Waals surface area contributed by atoms with E-state index >= 15 is 0 Å². The molecule has 1 aliphatic carbocycles. The summed E-state index contributed by atoms with van der Waals surface area (Å²) in [6.45, 7) is 1.12. The number of nitriles is 1. The lowest BCUT2D eigenvalue weighted by Crippen LogP contribution is -2.37. The molecule has 3 aromatic rings. The zero-order valence-corrected chi connectivity index (χ0v) is 15.6. The predicted octanol–water partition coefficient (Wildman–Crippen LogP) is 2.38. The van der Waals surface area contributed by atoms with E-state index < -0.39 is 0 Å². The summed E-state index contributed by atoms with van der Waals surface area (Å²) in [6.07, 6.45) is 6.35. The zero-order chi connectivity index (χ0) is 19.4. The summed E-state index contributed by atoms with van der Waals surface area (Å²) in [4.78, 5) is 23.5. The van der Waals surface area contributed by atoms with Crippen molar-refractivity contribution in [1.82, 2.24) is 19.4 Å². The molecule has 140 valence electrons. The molecule has 1 aliphatic heterocycles. The summed E-state index contributed by atoms with van der Waals surface area (Å²) in [6, 6.07) is 6.13. The van der Waals surface area contributed by atoms with Crippen LogP contribution in [0.5, 0.6) is 0 Å². The summed E-state index contributed by atoms with van der Waals surface area (Å²) in [5, 5.41) is 10.8. The van der Waals surface area contributed by atoms with Crippen LogP contribution in [0.25, 0.3) is 22.2 Å². The number of carbonyl (C=O) groups excluding carboxylic acids is 1. The number of aromatic nitrogens is 3. The molecule has 0 aromatic carbocycles. The molecule has 5 rings (SSSR count). The Morgan fingerprint density at radius 2 is 2.21 bits per heavy atom. The van der Waals surface area contributed by atoms with Gasteiger partial charge >= 0.3 is 0 Å². The Hall–Kier alpha value is -3.40. The maximum Gasteiger partial charge on any atom is 0.225 e. The van der Waals surface area contributed by atoms with Crippen LogP contribution in [0.1, 0.15) is 29.7 Å². The number of amides is 1. The maximum atomic E-state index is 12.7. The fraction of sp³-hybridized carbons (Fsp3) is 0.333. The molecule has 0 spiro atoms. The van der Waals surface area contributed by atoms with Crippen LogP contribution in [0.2, 0.25) is 0 Å². The summed E-state index contributed by atoms with van der Waals surface area (Å²) in [5.41, 5.74) is 10.9. The van der Waals surface area contributed by atoms with Crippen molar-refractivity contribution in [3.63, 3.8) is 0 Å². The van der Waals surface area contributed by atoms with Gasteiger partial charge in [0.2, 0.25) is 5.91 Å². The number of rotatable bonds is 2. The van der Waals surface area contributed by atoms with E-state index in [4.69, 9.17) is 5.73 Å². The van der Waals surface area contributed by atoms with Gasteiger partial charge in [-0.1, -0.05) is 0 Å². The summed E-state index contributed by atoms with van der Waals surface area (Å²) in [5.74, 6) is 0.634. The molecule has 3 aromatic heterocycles. The van der Waals surface area contributed by atoms with Gasteiger partial charge < -0.3 is 15.2 Å². The van der Waals surface area contributed by atoms with Crippen molar-refractivity contribution >= 4 is 22.8 Å². The quantitative estimate of drug-likeness (QED) is 0.744. The Labute approximate surface area is 162 Å². The van der Waals surface area contributed by atoms with Gasteiger partial charge in [0.15, 0.2) is 0 Å². The van der Waals surface area contributed by atoms with Crippen molar-refractivity contribution in [1.29, 1.82) is 5.26 Å². The molecule has 28 heavy (non-hydrogen) atoms. The van der Waals surface area contributed by atoms with Gasteiger partial charge in [-0.2, -0.15) is 5.26 Å². The first-order valence-corrected chi connectivity index (χ1v) is 9.49. The monoisotopic (exact) mass is 372 g/mol. The first-order chi connectivity index (χ1) is 13.6. The largest absolute Gasteiger partial charge is 0.383 e. The average Bonchev–Trinajstić information content (AvgIpc) is 3.51. The molecule has 0 unspecified atom stereocenters. The molecule has 7 nitrogen and oxygen atoms in total. The van der Waals surface area contributed by atoms with E-state index in [1.165, 1.54) is 0 Å². The second-order valence-electron chi connectivity index (χ2n) is 7.60. The number of aryl methyl sites for hydroxylation is 1. The van der Waals surface area contributed by atoms with Crippen molar-refractivity contribution in [3.05, 3.63) is 41.3 Å². The highest BCUT2D eigenvalue weighted by molar-refractivity contribution is 5.97. The first kappa shape index (κ1) is 16.8. The van der Waals surface area contributed by atoms with E-state index in [0.29, 0.717) is 25.1 Å². The predicted molar refractivity (Wildman–Crippen MR) is 105 cm³/mol. The van der Waals surface area contributed by atoms with Crippen LogP contribution >= 0.6 is 0 Å². The number of anilines is 1. The normalized spacial score (nSPS) is 16.1. The molecular formula is C21H20N6O. The molecule has 0 bridgehead atoms. The van der Waals surface area contributed by atoms with E-state index in [9.17, 15) is 10.1 Å². The fourth-order valence-electron chi connectivity index (χ4n) is 4.18. The minimum atomic E-state index is 0.170. The summed E-state index contributed by atoms with van der Waals surface area (Å²) < 4.78 is 1.95. The number of fused-ring (bicyclic) bond motifs is 2. The molecule has 0 atom stereocenters. The van der Waals surface area contributed by atoms with Gasteiger partial charge in [-0.3, -0.25) is 4.79 Å². The van der Waals surface area contributed by atoms with Crippen molar-refractivity contribution in [2.75, 3.05) is 12.3 Å². The van der Waals surface area contributed by atoms with Crippen molar-refractivity contribution in [2.24, 2.45) is 13.0 Å². The molecule has 4 heterocycles. The number of pyridine rings is 2. The van der Waals surface area contributed by atoms with Crippen LogP contribution in [0.15, 0.2) is 24.5 Å². The Morgan fingerprint density at radius 3 is 2.96 bits per heavy atom. The van der Waals surface area contributed by atoms with E-state index in [-0.39, 0.29) is 17.6 Å². The third-order valence-electron chi connectivity index (χ3n) is 5.73. The highest BCUT2D eigenvalue weighted by Gasteiger charge is 2.36.